The van der Waals surface area contributed by atoms with E-state index in [0.717, 1.165) is 69.0 Å². The Labute approximate surface area is 158 Å². The highest BCUT2D eigenvalue weighted by molar-refractivity contribution is 7.85. The van der Waals surface area contributed by atoms with Gasteiger partial charge >= 0.3 is 0 Å². The molecule has 0 aliphatic heterocycles. The van der Waals surface area contributed by atoms with Gasteiger partial charge in [0.25, 0.3) is 0 Å². The summed E-state index contributed by atoms with van der Waals surface area (Å²) in [6.07, 6.45) is 6.37. The Morgan fingerprint density at radius 2 is 2.28 bits per heavy atom. The second-order valence-corrected chi connectivity index (χ2v) is 9.49. The first kappa shape index (κ1) is 20.4. The molecule has 1 aliphatic carbocycles. The van der Waals surface area contributed by atoms with Crippen molar-refractivity contribution in [3.8, 4) is 0 Å². The highest BCUT2D eigenvalue weighted by atomic mass is 32.2. The van der Waals surface area contributed by atoms with E-state index >= 15 is 0 Å². The molecule has 0 radical (unpaired) electrons. The molecule has 2 N–H and O–H groups in total. The Kier molecular flexibility index (Phi) is 8.89. The highest BCUT2D eigenvalue weighted by Crippen LogP contribution is 2.23. The van der Waals surface area contributed by atoms with Crippen molar-refractivity contribution in [1.82, 2.24) is 15.6 Å². The molecule has 25 heavy (non-hydrogen) atoms. The molecule has 0 amide bonds. The Morgan fingerprint density at radius 1 is 1.44 bits per heavy atom. The van der Waals surface area contributed by atoms with Crippen LogP contribution in [0, 0.1) is 6.92 Å². The lowest BCUT2D eigenvalue weighted by Crippen LogP contribution is -2.46. The predicted molar refractivity (Wildman–Crippen MR) is 109 cm³/mol. The minimum atomic E-state index is -0.685. The lowest BCUT2D eigenvalue weighted by molar-refractivity contribution is 0.413. The lowest BCUT2D eigenvalue weighted by Gasteiger charge is -2.30. The zero-order valence-electron chi connectivity index (χ0n) is 15.7. The molecule has 7 heteroatoms. The van der Waals surface area contributed by atoms with Gasteiger partial charge in [-0.1, -0.05) is 13.3 Å². The van der Waals surface area contributed by atoms with Crippen LogP contribution in [0.1, 0.15) is 56.7 Å². The van der Waals surface area contributed by atoms with Gasteiger partial charge in [0.15, 0.2) is 5.96 Å². The smallest absolute Gasteiger partial charge is 0.191 e. The number of aliphatic imine (C=N–C) groups is 1. The molecule has 1 fully saturated rings. The molecule has 3 atom stereocenters. The fourth-order valence-corrected chi connectivity index (χ4v) is 5.37. The zero-order chi connectivity index (χ0) is 18.1. The summed E-state index contributed by atoms with van der Waals surface area (Å²) in [5.74, 6) is 1.66. The van der Waals surface area contributed by atoms with E-state index in [1.165, 1.54) is 5.01 Å². The van der Waals surface area contributed by atoms with Crippen LogP contribution in [-0.2, 0) is 17.2 Å². The summed E-state index contributed by atoms with van der Waals surface area (Å²) in [6, 6.07) is 0.383. The summed E-state index contributed by atoms with van der Waals surface area (Å²) >= 11 is 1.73. The van der Waals surface area contributed by atoms with Crippen molar-refractivity contribution in [3.63, 3.8) is 0 Å². The number of aryl methyl sites for hydroxylation is 2. The Bertz CT molecular complexity index is 573. The van der Waals surface area contributed by atoms with Crippen LogP contribution in [-0.4, -0.2) is 45.3 Å². The number of rotatable bonds is 8. The summed E-state index contributed by atoms with van der Waals surface area (Å²) in [5, 5.41) is 10.5. The van der Waals surface area contributed by atoms with Crippen LogP contribution >= 0.6 is 11.3 Å². The maximum Gasteiger partial charge on any atom is 0.191 e. The number of hydrogen-bond acceptors (Lipinski definition) is 4. The molecule has 5 nitrogen and oxygen atoms in total. The van der Waals surface area contributed by atoms with Gasteiger partial charge in [0.05, 0.1) is 5.01 Å². The van der Waals surface area contributed by atoms with E-state index in [-0.39, 0.29) is 0 Å². The van der Waals surface area contributed by atoms with Crippen molar-refractivity contribution >= 4 is 28.1 Å². The average molecular weight is 385 g/mol. The Balaban J connectivity index is 1.81. The second-order valence-electron chi connectivity index (χ2n) is 6.55. The first-order chi connectivity index (χ1) is 12.1. The molecule has 1 aliphatic rings. The number of hydrogen-bond donors (Lipinski definition) is 2. The van der Waals surface area contributed by atoms with Crippen LogP contribution < -0.4 is 10.6 Å². The van der Waals surface area contributed by atoms with Crippen LogP contribution in [0.25, 0.3) is 0 Å². The molecule has 0 aromatic carbocycles. The maximum atomic E-state index is 12.1. The lowest BCUT2D eigenvalue weighted by atomic mass is 9.95. The van der Waals surface area contributed by atoms with Crippen molar-refractivity contribution in [2.24, 2.45) is 4.99 Å². The molecule has 1 aromatic heterocycles. The number of guanidine groups is 1. The summed E-state index contributed by atoms with van der Waals surface area (Å²) in [7, 11) is -0.685. The topological polar surface area (TPSA) is 66.4 Å². The van der Waals surface area contributed by atoms with Crippen LogP contribution in [0.3, 0.4) is 0 Å². The van der Waals surface area contributed by atoms with E-state index in [0.29, 0.717) is 11.3 Å². The van der Waals surface area contributed by atoms with Gasteiger partial charge in [0, 0.05) is 58.4 Å². The molecule has 0 bridgehead atoms. The minimum Gasteiger partial charge on any atom is -0.357 e. The van der Waals surface area contributed by atoms with Crippen molar-refractivity contribution in [2.75, 3.05) is 18.8 Å². The van der Waals surface area contributed by atoms with Crippen molar-refractivity contribution < 1.29 is 4.21 Å². The number of nitrogens with one attached hydrogen (secondary N) is 2. The quantitative estimate of drug-likeness (QED) is 0.411. The third kappa shape index (κ3) is 7.05. The second kappa shape index (κ2) is 10.9. The van der Waals surface area contributed by atoms with Crippen molar-refractivity contribution in [1.29, 1.82) is 0 Å². The van der Waals surface area contributed by atoms with E-state index in [1.54, 1.807) is 11.3 Å². The molecule has 0 saturated heterocycles. The monoisotopic (exact) mass is 384 g/mol. The Hall–Kier alpha value is -0.950. The first-order valence-corrected chi connectivity index (χ1v) is 11.7. The van der Waals surface area contributed by atoms with Gasteiger partial charge in [-0.15, -0.1) is 11.3 Å². The summed E-state index contributed by atoms with van der Waals surface area (Å²) in [5.41, 5.74) is 1.11. The van der Waals surface area contributed by atoms with Gasteiger partial charge in [-0.05, 0) is 39.5 Å². The molecular formula is C18H32N4OS2. The molecule has 3 unspecified atom stereocenters. The normalized spacial score (nSPS) is 22.6. The fourth-order valence-electron chi connectivity index (χ4n) is 3.20. The van der Waals surface area contributed by atoms with Gasteiger partial charge < -0.3 is 10.6 Å². The van der Waals surface area contributed by atoms with E-state index < -0.39 is 10.8 Å². The van der Waals surface area contributed by atoms with E-state index in [2.05, 4.69) is 27.9 Å². The minimum absolute atomic E-state index is 0.340. The maximum absolute atomic E-state index is 12.1. The van der Waals surface area contributed by atoms with Gasteiger partial charge in [-0.2, -0.15) is 0 Å². The third-order valence-corrected chi connectivity index (χ3v) is 7.22. The summed E-state index contributed by atoms with van der Waals surface area (Å²) < 4.78 is 12.1. The third-order valence-electron chi connectivity index (χ3n) is 4.45. The number of nitrogens with zero attached hydrogens (tertiary/aromatic N) is 2. The van der Waals surface area contributed by atoms with Gasteiger partial charge in [0.2, 0.25) is 0 Å². The summed E-state index contributed by atoms with van der Waals surface area (Å²) in [4.78, 5) is 9.22. The molecular weight excluding hydrogens is 352 g/mol. The van der Waals surface area contributed by atoms with Gasteiger partial charge in [-0.3, -0.25) is 9.20 Å². The largest absolute Gasteiger partial charge is 0.357 e. The van der Waals surface area contributed by atoms with Crippen LogP contribution in [0.5, 0.6) is 0 Å². The average Bonchev–Trinajstić information content (AvgIpc) is 3.03. The van der Waals surface area contributed by atoms with E-state index in [1.807, 2.05) is 13.8 Å². The van der Waals surface area contributed by atoms with Crippen LogP contribution in [0.15, 0.2) is 10.4 Å². The van der Waals surface area contributed by atoms with Crippen LogP contribution in [0.4, 0.5) is 0 Å². The number of aromatic nitrogens is 1. The molecule has 1 saturated carbocycles. The van der Waals surface area contributed by atoms with E-state index in [9.17, 15) is 4.21 Å². The van der Waals surface area contributed by atoms with Crippen molar-refractivity contribution in [3.05, 3.63) is 16.1 Å². The van der Waals surface area contributed by atoms with Gasteiger partial charge in [-0.25, -0.2) is 4.98 Å². The first-order valence-electron chi connectivity index (χ1n) is 9.45. The zero-order valence-corrected chi connectivity index (χ0v) is 17.3. The molecule has 2 rings (SSSR count). The predicted octanol–water partition coefficient (Wildman–Crippen LogP) is 3.02. The highest BCUT2D eigenvalue weighted by Gasteiger charge is 2.25. The van der Waals surface area contributed by atoms with Crippen LogP contribution in [0.2, 0.25) is 0 Å². The Morgan fingerprint density at radius 3 is 2.96 bits per heavy atom. The standard InChI is InChI=1S/C18H32N4OS2/c1-4-19-18(20-11-7-10-17-21-14(3)13-24-17)22-15-8-6-9-16(12-15)25(23)5-2/h13,15-16H,4-12H2,1-3H3,(H2,19,20,22). The number of thiazole rings is 1. The summed E-state index contributed by atoms with van der Waals surface area (Å²) in [6.45, 7) is 7.79. The van der Waals surface area contributed by atoms with E-state index in [4.69, 9.17) is 4.99 Å². The SMILES string of the molecule is CCNC(=NCCCc1nc(C)cs1)NC1CCCC(S(=O)CC)C1. The molecule has 0 spiro atoms. The molecule has 1 aromatic rings. The fraction of sp³-hybridized carbons (Fsp3) is 0.778. The van der Waals surface area contributed by atoms with Gasteiger partial charge in [0.1, 0.15) is 0 Å². The molecule has 142 valence electrons. The molecule has 1 heterocycles. The van der Waals surface area contributed by atoms with Crippen molar-refractivity contribution in [2.45, 2.75) is 70.6 Å².